The van der Waals surface area contributed by atoms with Crippen molar-refractivity contribution in [3.63, 3.8) is 0 Å². The van der Waals surface area contributed by atoms with Gasteiger partial charge < -0.3 is 15.4 Å². The molecule has 0 spiro atoms. The maximum Gasteiger partial charge on any atom is 0.288 e. The third kappa shape index (κ3) is 4.31. The van der Waals surface area contributed by atoms with Gasteiger partial charge in [-0.15, -0.1) is 5.10 Å². The van der Waals surface area contributed by atoms with E-state index >= 15 is 0 Å². The molecule has 7 nitrogen and oxygen atoms in total. The molecule has 0 unspecified atom stereocenters. The molecule has 0 fully saturated rings. The first-order chi connectivity index (χ1) is 15.7. The monoisotopic (exact) mass is 479 g/mol. The number of nitriles is 1. The summed E-state index contributed by atoms with van der Waals surface area (Å²) in [6.07, 6.45) is 2.09. The number of ether oxygens (including phenoxy) is 1. The van der Waals surface area contributed by atoms with Gasteiger partial charge in [-0.2, -0.15) is 5.26 Å². The number of anilines is 2. The summed E-state index contributed by atoms with van der Waals surface area (Å²) in [7, 11) is 0. The summed E-state index contributed by atoms with van der Waals surface area (Å²) in [5.74, 6) is 0.377. The second kappa shape index (κ2) is 8.66. The minimum atomic E-state index is -0.626. The van der Waals surface area contributed by atoms with Crippen LogP contribution >= 0.6 is 23.2 Å². The van der Waals surface area contributed by atoms with E-state index in [1.54, 1.807) is 18.2 Å². The first-order valence-electron chi connectivity index (χ1n) is 9.91. The van der Waals surface area contributed by atoms with E-state index < -0.39 is 5.91 Å². The lowest BCUT2D eigenvalue weighted by atomic mass is 10.00. The number of halogens is 2. The molecule has 4 rings (SSSR count). The molecule has 0 aromatic heterocycles. The summed E-state index contributed by atoms with van der Waals surface area (Å²) in [6.45, 7) is 9.93. The molecule has 2 heterocycles. The minimum Gasteiger partial charge on any atom is -0.454 e. The predicted molar refractivity (Wildman–Crippen MR) is 131 cm³/mol. The van der Waals surface area contributed by atoms with E-state index in [4.69, 9.17) is 33.2 Å². The van der Waals surface area contributed by atoms with Gasteiger partial charge in [-0.25, -0.2) is 5.01 Å². The van der Waals surface area contributed by atoms with E-state index in [-0.39, 0.29) is 27.3 Å². The van der Waals surface area contributed by atoms with E-state index in [2.05, 4.69) is 49.2 Å². The van der Waals surface area contributed by atoms with Gasteiger partial charge >= 0.3 is 0 Å². The van der Waals surface area contributed by atoms with Crippen LogP contribution in [-0.2, 0) is 4.79 Å². The Morgan fingerprint density at radius 1 is 1.18 bits per heavy atom. The Bertz CT molecular complexity index is 1320. The molecule has 2 aromatic carbocycles. The van der Waals surface area contributed by atoms with E-state index in [1.807, 2.05) is 18.2 Å². The number of nitrogens with one attached hydrogen (secondary N) is 2. The summed E-state index contributed by atoms with van der Waals surface area (Å²) >= 11 is 12.9. The van der Waals surface area contributed by atoms with Crippen molar-refractivity contribution in [3.8, 4) is 17.6 Å². The molecule has 166 valence electrons. The number of carbonyl (C=O) groups excluding carboxylic acids is 1. The van der Waals surface area contributed by atoms with Crippen molar-refractivity contribution in [2.24, 2.45) is 5.10 Å². The first-order valence-corrected chi connectivity index (χ1v) is 10.7. The summed E-state index contributed by atoms with van der Waals surface area (Å²) in [6, 6.07) is 10.5. The number of hydrazone groups is 1. The molecule has 0 saturated heterocycles. The average Bonchev–Trinajstić information content (AvgIpc) is 2.75. The van der Waals surface area contributed by atoms with Crippen LogP contribution in [-0.4, -0.2) is 11.6 Å². The molecular formula is C24H19Cl2N5O2. The molecule has 2 aliphatic heterocycles. The van der Waals surface area contributed by atoms with Crippen LogP contribution in [0.1, 0.15) is 26.3 Å². The topological polar surface area (TPSA) is 89.8 Å². The highest BCUT2D eigenvalue weighted by atomic mass is 35.5. The fourth-order valence-electron chi connectivity index (χ4n) is 3.52. The maximum atomic E-state index is 11.7. The van der Waals surface area contributed by atoms with E-state index in [0.29, 0.717) is 11.4 Å². The van der Waals surface area contributed by atoms with Crippen LogP contribution in [0.4, 0.5) is 11.4 Å². The second-order valence-electron chi connectivity index (χ2n) is 7.69. The molecule has 33 heavy (non-hydrogen) atoms. The lowest BCUT2D eigenvalue weighted by molar-refractivity contribution is -0.114. The van der Waals surface area contributed by atoms with E-state index in [1.165, 1.54) is 10.6 Å². The number of rotatable bonds is 3. The normalized spacial score (nSPS) is 15.0. The van der Waals surface area contributed by atoms with E-state index in [9.17, 15) is 4.79 Å². The average molecular weight is 480 g/mol. The molecule has 0 radical (unpaired) electrons. The maximum absolute atomic E-state index is 11.7. The Labute approximate surface area is 201 Å². The zero-order valence-corrected chi connectivity index (χ0v) is 19.6. The first kappa shape index (κ1) is 22.5. The van der Waals surface area contributed by atoms with Crippen LogP contribution in [0.15, 0.2) is 64.7 Å². The standard InChI is InChI=1S/C24H19Cl2N5O2/c1-12(2)22-13(3)7-15-8-17(5-6-20(15)29-22)33-23-18(25)9-16(10-19(23)26)31-14(4)28-24(32)21(11-27)30-31/h5-10,29H,4H2,1-3H3,(H,28,32). The molecule has 1 amide bonds. The van der Waals surface area contributed by atoms with Gasteiger partial charge in [0.15, 0.2) is 5.75 Å². The van der Waals surface area contributed by atoms with Gasteiger partial charge in [-0.1, -0.05) is 35.4 Å². The Hall–Kier alpha value is -3.73. The lowest BCUT2D eigenvalue weighted by Gasteiger charge is -2.26. The number of hydrogen-bond acceptors (Lipinski definition) is 6. The molecule has 0 saturated carbocycles. The molecule has 9 heteroatoms. The fourth-order valence-corrected chi connectivity index (χ4v) is 4.07. The third-order valence-electron chi connectivity index (χ3n) is 5.03. The van der Waals surface area contributed by atoms with Crippen molar-refractivity contribution < 1.29 is 9.53 Å². The number of carbonyl (C=O) groups is 1. The Kier molecular flexibility index (Phi) is 5.90. The number of allylic oxidation sites excluding steroid dienone is 2. The molecule has 2 N–H and O–H groups in total. The zero-order valence-electron chi connectivity index (χ0n) is 18.1. The predicted octanol–water partition coefficient (Wildman–Crippen LogP) is 6.20. The summed E-state index contributed by atoms with van der Waals surface area (Å²) in [5.41, 5.74) is 5.51. The number of hydrogen-bond donors (Lipinski definition) is 2. The number of fused-ring (bicyclic) bond motifs is 1. The molecule has 0 bridgehead atoms. The summed E-state index contributed by atoms with van der Waals surface area (Å²) in [4.78, 5) is 11.7. The highest BCUT2D eigenvalue weighted by Crippen LogP contribution is 2.42. The van der Waals surface area contributed by atoms with Crippen molar-refractivity contribution in [1.29, 1.82) is 5.26 Å². The minimum absolute atomic E-state index is 0.167. The van der Waals surface area contributed by atoms with Crippen LogP contribution < -0.4 is 20.4 Å². The van der Waals surface area contributed by atoms with Gasteiger partial charge in [-0.05, 0) is 62.8 Å². The van der Waals surface area contributed by atoms with E-state index in [0.717, 1.165) is 22.5 Å². The lowest BCUT2D eigenvalue weighted by Crippen LogP contribution is -2.42. The van der Waals surface area contributed by atoms with Gasteiger partial charge in [-0.3, -0.25) is 4.79 Å². The van der Waals surface area contributed by atoms with Crippen LogP contribution in [0.25, 0.3) is 6.08 Å². The van der Waals surface area contributed by atoms with Gasteiger partial charge in [0.1, 0.15) is 17.6 Å². The van der Waals surface area contributed by atoms with Crippen LogP contribution in [0.3, 0.4) is 0 Å². The van der Waals surface area contributed by atoms with Crippen molar-refractivity contribution in [2.75, 3.05) is 10.3 Å². The number of nitrogens with zero attached hydrogens (tertiary/aromatic N) is 3. The fraction of sp³-hybridized carbons (Fsp3) is 0.125. The molecule has 0 aliphatic carbocycles. The SMILES string of the molecule is C=C1NC(=O)C(C#N)=NN1c1cc(Cl)c(Oc2ccc3c(c2)C=C(C)C(=C(C)C)N3)c(Cl)c1. The van der Waals surface area contributed by atoms with Gasteiger partial charge in [0.2, 0.25) is 5.71 Å². The van der Waals surface area contributed by atoms with Crippen molar-refractivity contribution in [1.82, 2.24) is 5.32 Å². The van der Waals surface area contributed by atoms with Crippen molar-refractivity contribution >= 4 is 52.3 Å². The Balaban J connectivity index is 1.64. The number of benzene rings is 2. The smallest absolute Gasteiger partial charge is 0.288 e. The Morgan fingerprint density at radius 3 is 2.52 bits per heavy atom. The quantitative estimate of drug-likeness (QED) is 0.547. The summed E-state index contributed by atoms with van der Waals surface area (Å²) in [5, 5.41) is 20.7. The van der Waals surface area contributed by atoms with Crippen molar-refractivity contribution in [2.45, 2.75) is 20.8 Å². The molecule has 0 atom stereocenters. The zero-order chi connectivity index (χ0) is 23.9. The van der Waals surface area contributed by atoms with Gasteiger partial charge in [0, 0.05) is 16.9 Å². The van der Waals surface area contributed by atoms with Crippen LogP contribution in [0.5, 0.6) is 11.5 Å². The molecular weight excluding hydrogens is 461 g/mol. The van der Waals surface area contributed by atoms with Crippen LogP contribution in [0.2, 0.25) is 10.0 Å². The number of amides is 1. The van der Waals surface area contributed by atoms with Crippen LogP contribution in [0, 0.1) is 11.3 Å². The Morgan fingerprint density at radius 2 is 1.88 bits per heavy atom. The second-order valence-corrected chi connectivity index (χ2v) is 8.50. The largest absolute Gasteiger partial charge is 0.454 e. The van der Waals surface area contributed by atoms with Crippen molar-refractivity contribution in [3.05, 3.63) is 75.2 Å². The van der Waals surface area contributed by atoms with Gasteiger partial charge in [0.25, 0.3) is 5.91 Å². The molecule has 2 aliphatic rings. The third-order valence-corrected chi connectivity index (χ3v) is 5.59. The highest BCUT2D eigenvalue weighted by molar-refractivity contribution is 6.46. The molecule has 2 aromatic rings. The summed E-state index contributed by atoms with van der Waals surface area (Å²) < 4.78 is 6.01. The highest BCUT2D eigenvalue weighted by Gasteiger charge is 2.25. The van der Waals surface area contributed by atoms with Gasteiger partial charge in [0.05, 0.1) is 15.7 Å².